The van der Waals surface area contributed by atoms with Crippen molar-refractivity contribution < 1.29 is 24.2 Å². The summed E-state index contributed by atoms with van der Waals surface area (Å²) in [5, 5.41) is 10.4. The average Bonchev–Trinajstić information content (AvgIpc) is 2.84. The Morgan fingerprint density at radius 2 is 1.19 bits per heavy atom. The molecule has 3 rings (SSSR count). The largest absolute Gasteiger partial charge is 0.480 e. The van der Waals surface area contributed by atoms with E-state index < -0.39 is 35.2 Å². The van der Waals surface area contributed by atoms with Crippen LogP contribution in [-0.4, -0.2) is 39.6 Å². The Bertz CT molecular complexity index is 1080. The summed E-state index contributed by atoms with van der Waals surface area (Å²) in [6.07, 6.45) is -1.22. The number of nitrogens with two attached hydrogens (primary N) is 1. The zero-order valence-corrected chi connectivity index (χ0v) is 20.8. The second-order valence-corrected chi connectivity index (χ2v) is 9.52. The summed E-state index contributed by atoms with van der Waals surface area (Å²) in [5.74, 6) is -1.93. The highest BCUT2D eigenvalue weighted by Gasteiger charge is 2.51. The summed E-state index contributed by atoms with van der Waals surface area (Å²) in [6.45, 7) is 5.16. The number of carboxylic acid groups (broad SMARTS) is 1. The first kappa shape index (κ1) is 26.5. The molecule has 7 heteroatoms. The van der Waals surface area contributed by atoms with Crippen molar-refractivity contribution in [1.82, 2.24) is 4.90 Å². The molecule has 0 aliphatic rings. The number of nitrogens with zero attached hydrogens (tertiary/aromatic N) is 1. The minimum atomic E-state index is -1.42. The number of rotatable bonds is 9. The molecule has 0 fully saturated rings. The van der Waals surface area contributed by atoms with E-state index in [-0.39, 0.29) is 12.8 Å². The summed E-state index contributed by atoms with van der Waals surface area (Å²) in [4.78, 5) is 39.8. The van der Waals surface area contributed by atoms with E-state index in [9.17, 15) is 19.5 Å². The van der Waals surface area contributed by atoms with E-state index in [1.807, 2.05) is 91.0 Å². The number of primary amides is 1. The van der Waals surface area contributed by atoms with E-state index in [0.29, 0.717) is 16.7 Å². The lowest BCUT2D eigenvalue weighted by molar-refractivity contribution is -0.145. The standard InChI is InChI=1S/C29H32N2O5/c1-28(2,3)36-27(35)31(24(26(33)34)19-20-25(30)32)29(21-13-7-4-8-14-21,22-15-9-5-10-16-22)23-17-11-6-12-18-23/h4-18,24H,19-20H2,1-3H3,(H2,30,32)(H,33,34)/t24-/m0/s1. The van der Waals surface area contributed by atoms with Gasteiger partial charge in [0.1, 0.15) is 17.2 Å². The summed E-state index contributed by atoms with van der Waals surface area (Å²) < 4.78 is 5.82. The van der Waals surface area contributed by atoms with Gasteiger partial charge in [0.05, 0.1) is 0 Å². The maximum atomic E-state index is 14.0. The van der Waals surface area contributed by atoms with Crippen LogP contribution in [0.4, 0.5) is 4.79 Å². The van der Waals surface area contributed by atoms with Gasteiger partial charge in [-0.25, -0.2) is 9.59 Å². The van der Waals surface area contributed by atoms with Gasteiger partial charge in [-0.2, -0.15) is 0 Å². The number of carbonyl (C=O) groups excluding carboxylic acids is 2. The molecule has 0 saturated carbocycles. The average molecular weight is 489 g/mol. The molecule has 7 nitrogen and oxygen atoms in total. The lowest BCUT2D eigenvalue weighted by atomic mass is 9.74. The van der Waals surface area contributed by atoms with Crippen molar-refractivity contribution in [2.45, 2.75) is 50.8 Å². The molecule has 0 radical (unpaired) electrons. The van der Waals surface area contributed by atoms with Gasteiger partial charge < -0.3 is 15.6 Å². The molecule has 188 valence electrons. The smallest absolute Gasteiger partial charge is 0.412 e. The van der Waals surface area contributed by atoms with Gasteiger partial charge in [-0.3, -0.25) is 9.69 Å². The van der Waals surface area contributed by atoms with Crippen LogP contribution in [0.15, 0.2) is 91.0 Å². The topological polar surface area (TPSA) is 110 Å². The number of carboxylic acids is 1. The van der Waals surface area contributed by atoms with Crippen molar-refractivity contribution in [1.29, 1.82) is 0 Å². The first-order chi connectivity index (χ1) is 17.1. The first-order valence-electron chi connectivity index (χ1n) is 11.8. The molecular weight excluding hydrogens is 456 g/mol. The number of aliphatic carboxylic acids is 1. The molecular formula is C29H32N2O5. The minimum Gasteiger partial charge on any atom is -0.480 e. The van der Waals surface area contributed by atoms with E-state index >= 15 is 0 Å². The van der Waals surface area contributed by atoms with Crippen molar-refractivity contribution in [2.24, 2.45) is 5.73 Å². The Kier molecular flexibility index (Phi) is 8.14. The molecule has 1 atom stereocenters. The van der Waals surface area contributed by atoms with Gasteiger partial charge in [-0.1, -0.05) is 91.0 Å². The monoisotopic (exact) mass is 488 g/mol. The molecule has 0 saturated heterocycles. The third kappa shape index (κ3) is 5.74. The number of ether oxygens (including phenoxy) is 1. The second-order valence-electron chi connectivity index (χ2n) is 9.52. The van der Waals surface area contributed by atoms with Gasteiger partial charge in [0.2, 0.25) is 5.91 Å². The van der Waals surface area contributed by atoms with E-state index in [2.05, 4.69) is 0 Å². The molecule has 3 N–H and O–H groups in total. The molecule has 0 aromatic heterocycles. The fourth-order valence-corrected chi connectivity index (χ4v) is 4.41. The first-order valence-corrected chi connectivity index (χ1v) is 11.8. The normalized spacial score (nSPS) is 12.4. The summed E-state index contributed by atoms with van der Waals surface area (Å²) in [7, 11) is 0. The second kappa shape index (κ2) is 11.1. The van der Waals surface area contributed by atoms with Gasteiger partial charge in [0.25, 0.3) is 0 Å². The Morgan fingerprint density at radius 3 is 1.50 bits per heavy atom. The van der Waals surface area contributed by atoms with E-state index in [1.54, 1.807) is 20.8 Å². The van der Waals surface area contributed by atoms with Crippen LogP contribution in [0.2, 0.25) is 0 Å². The van der Waals surface area contributed by atoms with E-state index in [1.165, 1.54) is 4.90 Å². The van der Waals surface area contributed by atoms with Gasteiger partial charge in [-0.05, 0) is 43.9 Å². The SMILES string of the molecule is CC(C)(C)OC(=O)N([C@@H](CCC(N)=O)C(=O)O)C(c1ccccc1)(c1ccccc1)c1ccccc1. The molecule has 0 unspecified atom stereocenters. The van der Waals surface area contributed by atoms with Gasteiger partial charge in [-0.15, -0.1) is 0 Å². The third-order valence-corrected chi connectivity index (χ3v) is 5.79. The molecule has 2 amide bonds. The minimum absolute atomic E-state index is 0.182. The summed E-state index contributed by atoms with van der Waals surface area (Å²) in [6, 6.07) is 26.3. The van der Waals surface area contributed by atoms with Crippen LogP contribution in [0.25, 0.3) is 0 Å². The van der Waals surface area contributed by atoms with Crippen LogP contribution in [-0.2, 0) is 19.9 Å². The van der Waals surface area contributed by atoms with Crippen molar-refractivity contribution in [3.05, 3.63) is 108 Å². The van der Waals surface area contributed by atoms with Crippen LogP contribution in [0, 0.1) is 0 Å². The zero-order valence-electron chi connectivity index (χ0n) is 20.8. The predicted molar refractivity (Wildman–Crippen MR) is 137 cm³/mol. The highest BCUT2D eigenvalue weighted by atomic mass is 16.6. The fourth-order valence-electron chi connectivity index (χ4n) is 4.41. The Hall–Kier alpha value is -4.13. The highest BCUT2D eigenvalue weighted by Crippen LogP contribution is 2.45. The van der Waals surface area contributed by atoms with Crippen LogP contribution >= 0.6 is 0 Å². The number of hydrogen-bond acceptors (Lipinski definition) is 4. The van der Waals surface area contributed by atoms with Crippen molar-refractivity contribution >= 4 is 18.0 Å². The molecule has 36 heavy (non-hydrogen) atoms. The number of amides is 2. The maximum absolute atomic E-state index is 14.0. The summed E-state index contributed by atoms with van der Waals surface area (Å²) >= 11 is 0. The lowest BCUT2D eigenvalue weighted by Gasteiger charge is -2.47. The van der Waals surface area contributed by atoms with Gasteiger partial charge in [0.15, 0.2) is 0 Å². The molecule has 0 spiro atoms. The van der Waals surface area contributed by atoms with E-state index in [4.69, 9.17) is 10.5 Å². The Morgan fingerprint density at radius 1 is 0.806 bits per heavy atom. The molecule has 0 heterocycles. The van der Waals surface area contributed by atoms with Crippen molar-refractivity contribution in [3.8, 4) is 0 Å². The molecule has 3 aromatic carbocycles. The van der Waals surface area contributed by atoms with Crippen LogP contribution in [0.5, 0.6) is 0 Å². The molecule has 3 aromatic rings. The molecule has 0 aliphatic heterocycles. The van der Waals surface area contributed by atoms with Crippen molar-refractivity contribution in [2.75, 3.05) is 0 Å². The van der Waals surface area contributed by atoms with Crippen LogP contribution < -0.4 is 5.73 Å². The van der Waals surface area contributed by atoms with Gasteiger partial charge in [0, 0.05) is 6.42 Å². The Labute approximate surface area is 211 Å². The highest BCUT2D eigenvalue weighted by molar-refractivity contribution is 5.83. The number of benzene rings is 3. The van der Waals surface area contributed by atoms with Gasteiger partial charge >= 0.3 is 12.1 Å². The number of carbonyl (C=O) groups is 3. The molecule has 0 aliphatic carbocycles. The fraction of sp³-hybridized carbons (Fsp3) is 0.276. The third-order valence-electron chi connectivity index (χ3n) is 5.79. The van der Waals surface area contributed by atoms with Crippen LogP contribution in [0.3, 0.4) is 0 Å². The lowest BCUT2D eigenvalue weighted by Crippen LogP contribution is -2.59. The van der Waals surface area contributed by atoms with E-state index in [0.717, 1.165) is 0 Å². The quantitative estimate of drug-likeness (QED) is 0.415. The predicted octanol–water partition coefficient (Wildman–Crippen LogP) is 4.93. The zero-order chi connectivity index (χ0) is 26.3. The van der Waals surface area contributed by atoms with Crippen LogP contribution in [0.1, 0.15) is 50.3 Å². The maximum Gasteiger partial charge on any atom is 0.412 e. The van der Waals surface area contributed by atoms with Crippen molar-refractivity contribution in [3.63, 3.8) is 0 Å². The molecule has 0 bridgehead atoms. The Balaban J connectivity index is 2.46. The number of hydrogen-bond donors (Lipinski definition) is 2. The summed E-state index contributed by atoms with van der Waals surface area (Å²) in [5.41, 5.74) is 5.09.